The predicted octanol–water partition coefficient (Wildman–Crippen LogP) is 3.39. The van der Waals surface area contributed by atoms with Gasteiger partial charge in [-0.25, -0.2) is 4.98 Å². The predicted molar refractivity (Wildman–Crippen MR) is 73.2 cm³/mol. The first kappa shape index (κ1) is 12.8. The molecule has 0 saturated heterocycles. The van der Waals surface area contributed by atoms with Crippen molar-refractivity contribution in [3.05, 3.63) is 39.0 Å². The maximum Gasteiger partial charge on any atom is 0.100 e. The van der Waals surface area contributed by atoms with Crippen molar-refractivity contribution in [3.8, 4) is 0 Å². The molecule has 2 heterocycles. The number of aryl methyl sites for hydroxylation is 1. The Kier molecular flexibility index (Phi) is 4.36. The molecule has 2 aromatic rings. The number of imidazole rings is 1. The smallest absolute Gasteiger partial charge is 0.100 e. The number of nitrogens with zero attached hydrogens (tertiary/aromatic N) is 2. The molecule has 0 aliphatic carbocycles. The monoisotopic (exact) mass is 314 g/mol. The van der Waals surface area contributed by atoms with Crippen molar-refractivity contribution < 1.29 is 5.11 Å². The summed E-state index contributed by atoms with van der Waals surface area (Å²) in [5.41, 5.74) is 0.896. The first-order valence-electron chi connectivity index (χ1n) is 5.62. The summed E-state index contributed by atoms with van der Waals surface area (Å²) in [4.78, 5) is 5.28. The van der Waals surface area contributed by atoms with E-state index in [9.17, 15) is 5.11 Å². The summed E-state index contributed by atoms with van der Waals surface area (Å²) < 4.78 is 3.09. The van der Waals surface area contributed by atoms with E-state index in [4.69, 9.17) is 0 Å². The molecule has 0 fully saturated rings. The number of aliphatic hydroxyl groups excluding tert-OH is 1. The molecule has 0 saturated carbocycles. The highest BCUT2D eigenvalue weighted by molar-refractivity contribution is 9.10. The van der Waals surface area contributed by atoms with Gasteiger partial charge in [-0.05, 0) is 33.8 Å². The van der Waals surface area contributed by atoms with E-state index >= 15 is 0 Å². The van der Waals surface area contributed by atoms with Gasteiger partial charge in [-0.2, -0.15) is 0 Å². The van der Waals surface area contributed by atoms with E-state index in [-0.39, 0.29) is 0 Å². The van der Waals surface area contributed by atoms with Gasteiger partial charge in [-0.3, -0.25) is 0 Å². The summed E-state index contributed by atoms with van der Waals surface area (Å²) in [5.74, 6) is 0. The zero-order valence-corrected chi connectivity index (χ0v) is 12.0. The topological polar surface area (TPSA) is 38.0 Å². The summed E-state index contributed by atoms with van der Waals surface area (Å²) in [7, 11) is 0. The third kappa shape index (κ3) is 2.97. The zero-order valence-electron chi connectivity index (χ0n) is 9.64. The Morgan fingerprint density at radius 1 is 1.59 bits per heavy atom. The van der Waals surface area contributed by atoms with E-state index in [1.54, 1.807) is 23.9 Å². The van der Waals surface area contributed by atoms with Crippen molar-refractivity contribution in [1.82, 2.24) is 9.55 Å². The van der Waals surface area contributed by atoms with Crippen LogP contribution in [0.2, 0.25) is 0 Å². The number of hydrogen-bond acceptors (Lipinski definition) is 3. The maximum absolute atomic E-state index is 10.2. The second-order valence-corrected chi connectivity index (χ2v) is 5.78. The highest BCUT2D eigenvalue weighted by atomic mass is 79.9. The van der Waals surface area contributed by atoms with Gasteiger partial charge in [-0.1, -0.05) is 6.92 Å². The highest BCUT2D eigenvalue weighted by Crippen LogP contribution is 2.28. The first-order chi connectivity index (χ1) is 8.22. The number of halogens is 1. The molecule has 92 valence electrons. The van der Waals surface area contributed by atoms with Crippen LogP contribution in [0.4, 0.5) is 0 Å². The fraction of sp³-hybridized carbons (Fsp3) is 0.417. The number of aliphatic hydroxyl groups is 1. The third-order valence-corrected chi connectivity index (χ3v) is 4.57. The Balaban J connectivity index is 2.11. The summed E-state index contributed by atoms with van der Waals surface area (Å²) in [6.07, 6.45) is 4.72. The average Bonchev–Trinajstić information content (AvgIpc) is 2.89. The number of aromatic nitrogens is 2. The summed E-state index contributed by atoms with van der Waals surface area (Å²) in [5, 5.41) is 12.3. The maximum atomic E-state index is 10.2. The van der Waals surface area contributed by atoms with Crippen LogP contribution in [0.5, 0.6) is 0 Å². The van der Waals surface area contributed by atoms with E-state index in [0.29, 0.717) is 6.42 Å². The van der Waals surface area contributed by atoms with E-state index in [2.05, 4.69) is 27.8 Å². The van der Waals surface area contributed by atoms with Gasteiger partial charge >= 0.3 is 0 Å². The van der Waals surface area contributed by atoms with Crippen LogP contribution in [-0.2, 0) is 13.0 Å². The van der Waals surface area contributed by atoms with E-state index in [0.717, 1.165) is 23.1 Å². The largest absolute Gasteiger partial charge is 0.386 e. The number of rotatable bonds is 5. The van der Waals surface area contributed by atoms with Gasteiger partial charge in [0.2, 0.25) is 0 Å². The third-order valence-electron chi connectivity index (χ3n) is 2.62. The normalized spacial score (nSPS) is 12.9. The Bertz CT molecular complexity index is 480. The summed E-state index contributed by atoms with van der Waals surface area (Å²) in [6, 6.07) is 2.01. The lowest BCUT2D eigenvalue weighted by Gasteiger charge is -2.12. The Hall–Kier alpha value is -0.650. The number of hydrogen-bond donors (Lipinski definition) is 1. The second kappa shape index (κ2) is 5.80. The molecule has 0 spiro atoms. The van der Waals surface area contributed by atoms with Crippen molar-refractivity contribution in [1.29, 1.82) is 0 Å². The molecule has 0 radical (unpaired) electrons. The summed E-state index contributed by atoms with van der Waals surface area (Å²) in [6.45, 7) is 3.02. The van der Waals surface area contributed by atoms with Crippen LogP contribution in [-0.4, -0.2) is 14.7 Å². The molecular formula is C12H15BrN2OS. The summed E-state index contributed by atoms with van der Waals surface area (Å²) >= 11 is 5.14. The van der Waals surface area contributed by atoms with Gasteiger partial charge in [0.05, 0.1) is 18.2 Å². The fourth-order valence-electron chi connectivity index (χ4n) is 1.79. The van der Waals surface area contributed by atoms with Crippen LogP contribution in [0.15, 0.2) is 28.4 Å². The SMILES string of the molecule is CCCn1cncc1C(O)Cc1sccc1Br. The van der Waals surface area contributed by atoms with E-state index in [1.807, 2.05) is 16.0 Å². The van der Waals surface area contributed by atoms with Crippen molar-refractivity contribution in [3.63, 3.8) is 0 Å². The second-order valence-electron chi connectivity index (χ2n) is 3.92. The molecule has 0 amide bonds. The van der Waals surface area contributed by atoms with Gasteiger partial charge in [0, 0.05) is 22.3 Å². The van der Waals surface area contributed by atoms with Crippen LogP contribution >= 0.6 is 27.3 Å². The molecule has 2 aromatic heterocycles. The minimum Gasteiger partial charge on any atom is -0.386 e. The Morgan fingerprint density at radius 3 is 3.06 bits per heavy atom. The van der Waals surface area contributed by atoms with Crippen molar-refractivity contribution in [2.24, 2.45) is 0 Å². The lowest BCUT2D eigenvalue weighted by atomic mass is 10.1. The van der Waals surface area contributed by atoms with Gasteiger partial charge in [0.1, 0.15) is 6.10 Å². The lowest BCUT2D eigenvalue weighted by Crippen LogP contribution is -2.08. The molecule has 1 N–H and O–H groups in total. The molecular weight excluding hydrogens is 300 g/mol. The van der Waals surface area contributed by atoms with E-state index < -0.39 is 6.10 Å². The molecule has 1 atom stereocenters. The van der Waals surface area contributed by atoms with Crippen molar-refractivity contribution in [2.45, 2.75) is 32.4 Å². The highest BCUT2D eigenvalue weighted by Gasteiger charge is 2.15. The molecule has 0 bridgehead atoms. The quantitative estimate of drug-likeness (QED) is 0.918. The number of thiophene rings is 1. The lowest BCUT2D eigenvalue weighted by molar-refractivity contribution is 0.169. The van der Waals surface area contributed by atoms with Crippen molar-refractivity contribution >= 4 is 27.3 Å². The van der Waals surface area contributed by atoms with Gasteiger partial charge < -0.3 is 9.67 Å². The molecule has 1 unspecified atom stereocenters. The van der Waals surface area contributed by atoms with Crippen LogP contribution in [0.3, 0.4) is 0 Å². The molecule has 0 aliphatic heterocycles. The fourth-order valence-corrected chi connectivity index (χ4v) is 3.34. The van der Waals surface area contributed by atoms with Crippen LogP contribution in [0.1, 0.15) is 30.0 Å². The first-order valence-corrected chi connectivity index (χ1v) is 7.29. The van der Waals surface area contributed by atoms with Gasteiger partial charge in [0.25, 0.3) is 0 Å². The molecule has 0 aromatic carbocycles. The van der Waals surface area contributed by atoms with Crippen LogP contribution in [0, 0.1) is 0 Å². The van der Waals surface area contributed by atoms with Gasteiger partial charge in [-0.15, -0.1) is 11.3 Å². The Morgan fingerprint density at radius 2 is 2.41 bits per heavy atom. The van der Waals surface area contributed by atoms with Gasteiger partial charge in [0.15, 0.2) is 0 Å². The standard InChI is InChI=1S/C12H15BrN2OS/c1-2-4-15-8-14-7-10(15)11(16)6-12-9(13)3-5-17-12/h3,5,7-8,11,16H,2,4,6H2,1H3. The van der Waals surface area contributed by atoms with Crippen molar-refractivity contribution in [2.75, 3.05) is 0 Å². The molecule has 0 aliphatic rings. The molecule has 3 nitrogen and oxygen atoms in total. The minimum atomic E-state index is -0.487. The average molecular weight is 315 g/mol. The molecule has 5 heteroatoms. The Labute approximate surface area is 113 Å². The molecule has 17 heavy (non-hydrogen) atoms. The minimum absolute atomic E-state index is 0.487. The van der Waals surface area contributed by atoms with Crippen LogP contribution < -0.4 is 0 Å². The zero-order chi connectivity index (χ0) is 12.3. The van der Waals surface area contributed by atoms with E-state index in [1.165, 1.54) is 4.88 Å². The van der Waals surface area contributed by atoms with Crippen LogP contribution in [0.25, 0.3) is 0 Å². The molecule has 2 rings (SSSR count).